The van der Waals surface area contributed by atoms with Gasteiger partial charge in [0.15, 0.2) is 5.37 Å². The zero-order valence-electron chi connectivity index (χ0n) is 13.5. The Bertz CT molecular complexity index is 825. The molecule has 25 heavy (non-hydrogen) atoms. The fourth-order valence-corrected chi connectivity index (χ4v) is 3.69. The number of para-hydroxylation sites is 1. The number of hydrogen-bond acceptors (Lipinski definition) is 5. The van der Waals surface area contributed by atoms with Crippen molar-refractivity contribution >= 4 is 40.3 Å². The average Bonchev–Trinajstić information content (AvgIpc) is 2.87. The van der Waals surface area contributed by atoms with Crippen molar-refractivity contribution in [3.05, 3.63) is 60.2 Å². The summed E-state index contributed by atoms with van der Waals surface area (Å²) in [6.07, 6.45) is 0. The maximum absolute atomic E-state index is 12.9. The van der Waals surface area contributed by atoms with Gasteiger partial charge in [-0.05, 0) is 48.5 Å². The molecule has 0 aliphatic carbocycles. The van der Waals surface area contributed by atoms with E-state index in [1.165, 1.54) is 4.90 Å². The fraction of sp³-hybridized carbons (Fsp3) is 0.167. The highest BCUT2D eigenvalue weighted by Crippen LogP contribution is 2.35. The van der Waals surface area contributed by atoms with E-state index in [0.29, 0.717) is 11.4 Å². The number of rotatable bonds is 5. The third-order valence-electron chi connectivity index (χ3n) is 3.76. The molecule has 0 unspecified atom stereocenters. The normalized spacial score (nSPS) is 17.0. The first-order valence-corrected chi connectivity index (χ1v) is 8.50. The van der Waals surface area contributed by atoms with Crippen LogP contribution in [0.25, 0.3) is 0 Å². The molecule has 1 N–H and O–H groups in total. The van der Waals surface area contributed by atoms with Crippen LogP contribution in [0.15, 0.2) is 54.6 Å². The van der Waals surface area contributed by atoms with Gasteiger partial charge >= 0.3 is 5.97 Å². The topological polar surface area (TPSA) is 77.9 Å². The highest BCUT2D eigenvalue weighted by molar-refractivity contribution is 8.16. The summed E-state index contributed by atoms with van der Waals surface area (Å²) in [6, 6.07) is 15.8. The van der Waals surface area contributed by atoms with E-state index >= 15 is 0 Å². The largest absolute Gasteiger partial charge is 0.480 e. The Balaban J connectivity index is 1.94. The van der Waals surface area contributed by atoms with Gasteiger partial charge in [0.2, 0.25) is 0 Å². The summed E-state index contributed by atoms with van der Waals surface area (Å²) in [5.74, 6) is -1.51. The first-order valence-electron chi connectivity index (χ1n) is 7.62. The van der Waals surface area contributed by atoms with E-state index in [2.05, 4.69) is 0 Å². The standard InChI is InChI=1S/C18H16N2O4S/c1-12-6-5-9-14(10-12)20-16(23)17(25-18(20)24)19(11-15(21)22)13-7-3-2-4-8-13/h2-10,17H,11H2,1H3,(H,21,22)/t17-/m1/s1. The molecule has 1 aliphatic rings. The lowest BCUT2D eigenvalue weighted by molar-refractivity contribution is -0.135. The number of carboxylic acid groups (broad SMARTS) is 1. The van der Waals surface area contributed by atoms with E-state index in [0.717, 1.165) is 22.2 Å². The number of carbonyl (C=O) groups is 3. The minimum atomic E-state index is -1.07. The number of carbonyl (C=O) groups excluding carboxylic acids is 2. The van der Waals surface area contributed by atoms with Gasteiger partial charge in [-0.3, -0.25) is 14.4 Å². The Morgan fingerprint density at radius 1 is 1.16 bits per heavy atom. The molecular weight excluding hydrogens is 340 g/mol. The van der Waals surface area contributed by atoms with Gasteiger partial charge in [-0.2, -0.15) is 0 Å². The molecule has 1 fully saturated rings. The summed E-state index contributed by atoms with van der Waals surface area (Å²) in [7, 11) is 0. The van der Waals surface area contributed by atoms with Gasteiger partial charge in [-0.15, -0.1) is 0 Å². The van der Waals surface area contributed by atoms with Crippen LogP contribution in [0, 0.1) is 6.92 Å². The van der Waals surface area contributed by atoms with Crippen LogP contribution in [0.3, 0.4) is 0 Å². The smallest absolute Gasteiger partial charge is 0.323 e. The zero-order valence-corrected chi connectivity index (χ0v) is 14.3. The molecule has 6 nitrogen and oxygen atoms in total. The summed E-state index contributed by atoms with van der Waals surface area (Å²) in [4.78, 5) is 39.1. The van der Waals surface area contributed by atoms with Crippen LogP contribution < -0.4 is 9.80 Å². The van der Waals surface area contributed by atoms with Crippen molar-refractivity contribution < 1.29 is 19.5 Å². The molecule has 0 saturated carbocycles. The number of aliphatic carboxylic acids is 1. The van der Waals surface area contributed by atoms with Crippen molar-refractivity contribution in [2.24, 2.45) is 0 Å². The average molecular weight is 356 g/mol. The number of imide groups is 1. The molecule has 1 heterocycles. The fourth-order valence-electron chi connectivity index (χ4n) is 2.67. The predicted octanol–water partition coefficient (Wildman–Crippen LogP) is 3.11. The third-order valence-corrected chi connectivity index (χ3v) is 4.83. The van der Waals surface area contributed by atoms with Crippen LogP contribution in [0.2, 0.25) is 0 Å². The third kappa shape index (κ3) is 3.51. The van der Waals surface area contributed by atoms with Crippen LogP contribution in [-0.2, 0) is 9.59 Å². The van der Waals surface area contributed by atoms with Crippen LogP contribution in [-0.4, -0.2) is 34.1 Å². The van der Waals surface area contributed by atoms with E-state index in [1.54, 1.807) is 48.5 Å². The Hall–Kier alpha value is -2.80. The first kappa shape index (κ1) is 17.0. The van der Waals surface area contributed by atoms with Crippen LogP contribution >= 0.6 is 11.8 Å². The van der Waals surface area contributed by atoms with Crippen molar-refractivity contribution in [1.82, 2.24) is 0 Å². The second-order valence-corrected chi connectivity index (χ2v) is 6.64. The van der Waals surface area contributed by atoms with Gasteiger partial charge in [0, 0.05) is 5.69 Å². The molecule has 2 aromatic rings. The molecule has 7 heteroatoms. The monoisotopic (exact) mass is 356 g/mol. The minimum absolute atomic E-state index is 0.373. The van der Waals surface area contributed by atoms with Crippen LogP contribution in [0.1, 0.15) is 5.56 Å². The van der Waals surface area contributed by atoms with E-state index in [-0.39, 0.29) is 6.54 Å². The van der Waals surface area contributed by atoms with Crippen LogP contribution in [0.4, 0.5) is 16.2 Å². The summed E-state index contributed by atoms with van der Waals surface area (Å²) in [5, 5.41) is 7.90. The number of thioether (sulfide) groups is 1. The van der Waals surface area contributed by atoms with E-state index in [1.807, 2.05) is 13.0 Å². The molecule has 128 valence electrons. The highest BCUT2D eigenvalue weighted by atomic mass is 32.2. The quantitative estimate of drug-likeness (QED) is 0.887. The number of nitrogens with zero attached hydrogens (tertiary/aromatic N) is 2. The second kappa shape index (κ2) is 6.98. The van der Waals surface area contributed by atoms with Crippen molar-refractivity contribution in [3.63, 3.8) is 0 Å². The van der Waals surface area contributed by atoms with Crippen molar-refractivity contribution in [2.75, 3.05) is 16.3 Å². The SMILES string of the molecule is Cc1cccc(N2C(=O)S[C@@H](N(CC(=O)O)c3ccccc3)C2=O)c1. The molecule has 0 aromatic heterocycles. The van der Waals surface area contributed by atoms with E-state index < -0.39 is 22.5 Å². The van der Waals surface area contributed by atoms with Gasteiger partial charge < -0.3 is 10.0 Å². The Kier molecular flexibility index (Phi) is 4.76. The predicted molar refractivity (Wildman–Crippen MR) is 96.9 cm³/mol. The molecule has 2 aromatic carbocycles. The molecular formula is C18H16N2O4S. The number of aryl methyl sites for hydroxylation is 1. The summed E-state index contributed by atoms with van der Waals surface area (Å²) in [6.45, 7) is 1.50. The molecule has 1 saturated heterocycles. The van der Waals surface area contributed by atoms with Crippen molar-refractivity contribution in [1.29, 1.82) is 0 Å². The van der Waals surface area contributed by atoms with Gasteiger partial charge in [-0.25, -0.2) is 4.90 Å². The number of amides is 2. The number of carboxylic acids is 1. The Morgan fingerprint density at radius 3 is 2.52 bits per heavy atom. The van der Waals surface area contributed by atoms with Gasteiger partial charge in [0.05, 0.1) is 5.69 Å². The van der Waals surface area contributed by atoms with E-state index in [4.69, 9.17) is 0 Å². The molecule has 0 bridgehead atoms. The Labute approximate surface area is 149 Å². The maximum atomic E-state index is 12.9. The lowest BCUT2D eigenvalue weighted by Gasteiger charge is -2.27. The molecule has 1 aliphatic heterocycles. The molecule has 0 spiro atoms. The summed E-state index contributed by atoms with van der Waals surface area (Å²) < 4.78 is 0. The van der Waals surface area contributed by atoms with Gasteiger partial charge in [0.1, 0.15) is 6.54 Å². The lowest BCUT2D eigenvalue weighted by atomic mass is 10.2. The minimum Gasteiger partial charge on any atom is -0.480 e. The van der Waals surface area contributed by atoms with Gasteiger partial charge in [-0.1, -0.05) is 30.3 Å². The number of benzene rings is 2. The van der Waals surface area contributed by atoms with Crippen LogP contribution in [0.5, 0.6) is 0 Å². The number of anilines is 2. The molecule has 2 amide bonds. The highest BCUT2D eigenvalue weighted by Gasteiger charge is 2.44. The summed E-state index contributed by atoms with van der Waals surface area (Å²) in [5.41, 5.74) is 2.00. The Morgan fingerprint density at radius 2 is 1.88 bits per heavy atom. The van der Waals surface area contributed by atoms with E-state index in [9.17, 15) is 19.5 Å². The zero-order chi connectivity index (χ0) is 18.0. The van der Waals surface area contributed by atoms with Crippen molar-refractivity contribution in [2.45, 2.75) is 12.3 Å². The molecule has 0 radical (unpaired) electrons. The molecule has 1 atom stereocenters. The second-order valence-electron chi connectivity index (χ2n) is 5.61. The number of hydrogen-bond donors (Lipinski definition) is 1. The maximum Gasteiger partial charge on any atom is 0.323 e. The first-order chi connectivity index (χ1) is 12.0. The summed E-state index contributed by atoms with van der Waals surface area (Å²) >= 11 is 0.827. The van der Waals surface area contributed by atoms with Crippen molar-refractivity contribution in [3.8, 4) is 0 Å². The van der Waals surface area contributed by atoms with Gasteiger partial charge in [0.25, 0.3) is 11.1 Å². The molecule has 3 rings (SSSR count). The lowest BCUT2D eigenvalue weighted by Crippen LogP contribution is -2.44.